The molecule has 2 heterocycles. The third kappa shape index (κ3) is 5.40. The van der Waals surface area contributed by atoms with Crippen LogP contribution in [0.1, 0.15) is 26.7 Å². The fourth-order valence-corrected chi connectivity index (χ4v) is 3.89. The minimum Gasteiger partial charge on any atom is -0.298 e. The van der Waals surface area contributed by atoms with E-state index >= 15 is 0 Å². The Morgan fingerprint density at radius 1 is 1.36 bits per heavy atom. The normalized spacial score (nSPS) is 11.9. The van der Waals surface area contributed by atoms with Gasteiger partial charge in [-0.1, -0.05) is 11.6 Å². The van der Waals surface area contributed by atoms with E-state index in [0.29, 0.717) is 21.3 Å². The highest BCUT2D eigenvalue weighted by Gasteiger charge is 2.30. The summed E-state index contributed by atoms with van der Waals surface area (Å²) in [5.41, 5.74) is 0.279. The number of anilines is 1. The first-order chi connectivity index (χ1) is 13.2. The Balaban J connectivity index is 1.66. The van der Waals surface area contributed by atoms with Crippen LogP contribution in [0.3, 0.4) is 0 Å². The van der Waals surface area contributed by atoms with Crippen molar-refractivity contribution in [2.24, 2.45) is 0 Å². The topological polar surface area (TPSA) is 54.9 Å². The highest BCUT2D eigenvalue weighted by molar-refractivity contribution is 7.15. The smallest absolute Gasteiger partial charge is 0.298 e. The van der Waals surface area contributed by atoms with Gasteiger partial charge in [0.15, 0.2) is 5.13 Å². The lowest BCUT2D eigenvalue weighted by molar-refractivity contribution is -0.137. The van der Waals surface area contributed by atoms with E-state index in [0.717, 1.165) is 17.1 Å². The van der Waals surface area contributed by atoms with Crippen LogP contribution in [0.5, 0.6) is 0 Å². The van der Waals surface area contributed by atoms with Gasteiger partial charge in [0.1, 0.15) is 0 Å². The Bertz CT molecular complexity index is 1030. The highest BCUT2D eigenvalue weighted by Crippen LogP contribution is 2.33. The number of amides is 1. The Hall–Kier alpha value is -2.23. The van der Waals surface area contributed by atoms with Crippen molar-refractivity contribution >= 4 is 51.4 Å². The second-order valence-corrected chi connectivity index (χ2v) is 8.31. The van der Waals surface area contributed by atoms with Crippen molar-refractivity contribution in [2.75, 3.05) is 5.32 Å². The number of aryl methyl sites for hydroxylation is 1. The van der Waals surface area contributed by atoms with Gasteiger partial charge in [0.05, 0.1) is 16.3 Å². The summed E-state index contributed by atoms with van der Waals surface area (Å²) >= 11 is 8.68. The molecular formula is C18H13ClF3N3OS2. The van der Waals surface area contributed by atoms with Crippen LogP contribution in [0.25, 0.3) is 6.08 Å². The predicted octanol–water partition coefficient (Wildman–Crippen LogP) is 5.82. The van der Waals surface area contributed by atoms with Crippen LogP contribution < -0.4 is 5.32 Å². The fraction of sp³-hybridized carbons (Fsp3) is 0.167. The fourth-order valence-electron chi connectivity index (χ4n) is 2.29. The van der Waals surface area contributed by atoms with Crippen molar-refractivity contribution in [2.45, 2.75) is 19.5 Å². The molecule has 0 atom stereocenters. The Kier molecular flexibility index (Phi) is 6.17. The van der Waals surface area contributed by atoms with E-state index < -0.39 is 11.7 Å². The van der Waals surface area contributed by atoms with E-state index in [4.69, 9.17) is 11.6 Å². The van der Waals surface area contributed by atoms with E-state index in [9.17, 15) is 18.0 Å². The minimum absolute atomic E-state index is 0.185. The van der Waals surface area contributed by atoms with Crippen molar-refractivity contribution in [3.8, 4) is 0 Å². The Labute approximate surface area is 171 Å². The number of hydrogen-bond acceptors (Lipinski definition) is 5. The molecule has 1 N–H and O–H groups in total. The summed E-state index contributed by atoms with van der Waals surface area (Å²) in [6.07, 6.45) is 0.192. The maximum Gasteiger partial charge on any atom is 0.416 e. The summed E-state index contributed by atoms with van der Waals surface area (Å²) in [5.74, 6) is -0.372. The molecule has 146 valence electrons. The quantitative estimate of drug-likeness (QED) is 0.505. The number of nitrogens with zero attached hydrogens (tertiary/aromatic N) is 2. The second-order valence-electron chi connectivity index (χ2n) is 5.73. The number of carbonyl (C=O) groups is 1. The number of hydrogen-bond donors (Lipinski definition) is 1. The van der Waals surface area contributed by atoms with Gasteiger partial charge in [-0.3, -0.25) is 10.1 Å². The predicted molar refractivity (Wildman–Crippen MR) is 106 cm³/mol. The monoisotopic (exact) mass is 443 g/mol. The first kappa shape index (κ1) is 20.5. The molecule has 3 aromatic rings. The van der Waals surface area contributed by atoms with Crippen LogP contribution in [0, 0.1) is 6.92 Å². The zero-order valence-corrected chi connectivity index (χ0v) is 16.8. The van der Waals surface area contributed by atoms with Crippen molar-refractivity contribution in [1.29, 1.82) is 0 Å². The minimum atomic E-state index is -4.44. The standard InChI is InChI=1S/C18H13ClF3N3OS2/c1-10-24-13(9-27-10)3-5-16(26)25-17-23-8-14(28-17)7-11-6-12(18(20,21)22)2-4-15(11)19/h2-6,8-9H,7H2,1H3,(H,23,25,26)/b5-3+. The number of alkyl halides is 3. The van der Waals surface area contributed by atoms with Gasteiger partial charge >= 0.3 is 6.18 Å². The first-order valence-corrected chi connectivity index (χ1v) is 9.99. The van der Waals surface area contributed by atoms with Gasteiger partial charge in [-0.25, -0.2) is 9.97 Å². The molecule has 0 aliphatic heterocycles. The molecule has 1 aromatic carbocycles. The molecule has 0 unspecified atom stereocenters. The summed E-state index contributed by atoms with van der Waals surface area (Å²) < 4.78 is 38.6. The number of rotatable bonds is 5. The molecule has 0 saturated heterocycles. The van der Waals surface area contributed by atoms with Crippen molar-refractivity contribution in [3.05, 3.63) is 67.6 Å². The van der Waals surface area contributed by atoms with Gasteiger partial charge in [0.2, 0.25) is 5.91 Å². The lowest BCUT2D eigenvalue weighted by Gasteiger charge is -2.09. The third-order valence-electron chi connectivity index (χ3n) is 3.56. The maximum absolute atomic E-state index is 12.9. The van der Waals surface area contributed by atoms with Crippen molar-refractivity contribution < 1.29 is 18.0 Å². The van der Waals surface area contributed by atoms with Crippen LogP contribution in [-0.4, -0.2) is 15.9 Å². The van der Waals surface area contributed by atoms with Gasteiger partial charge in [-0.2, -0.15) is 13.2 Å². The number of halogens is 4. The van der Waals surface area contributed by atoms with Crippen LogP contribution in [-0.2, 0) is 17.4 Å². The number of nitrogens with one attached hydrogen (secondary N) is 1. The SMILES string of the molecule is Cc1nc(/C=C/C(=O)Nc2ncc(Cc3cc(C(F)(F)F)ccc3Cl)s2)cs1. The molecule has 28 heavy (non-hydrogen) atoms. The maximum atomic E-state index is 12.9. The molecule has 0 saturated carbocycles. The molecule has 2 aromatic heterocycles. The summed E-state index contributed by atoms with van der Waals surface area (Å²) in [4.78, 5) is 20.9. The number of aromatic nitrogens is 2. The van der Waals surface area contributed by atoms with E-state index in [1.165, 1.54) is 41.0 Å². The molecule has 0 spiro atoms. The molecule has 0 aliphatic rings. The van der Waals surface area contributed by atoms with Crippen LogP contribution in [0.2, 0.25) is 5.02 Å². The summed E-state index contributed by atoms with van der Waals surface area (Å²) in [6, 6.07) is 3.20. The molecule has 0 fully saturated rings. The molecule has 1 amide bonds. The Morgan fingerprint density at radius 3 is 2.82 bits per heavy atom. The van der Waals surface area contributed by atoms with E-state index in [1.54, 1.807) is 6.08 Å². The molecule has 0 bridgehead atoms. The van der Waals surface area contributed by atoms with Gasteiger partial charge in [-0.15, -0.1) is 22.7 Å². The summed E-state index contributed by atoms with van der Waals surface area (Å²) in [7, 11) is 0. The summed E-state index contributed by atoms with van der Waals surface area (Å²) in [5, 5.41) is 5.95. The van der Waals surface area contributed by atoms with Crippen LogP contribution in [0.15, 0.2) is 35.9 Å². The van der Waals surface area contributed by atoms with Crippen molar-refractivity contribution in [3.63, 3.8) is 0 Å². The van der Waals surface area contributed by atoms with Crippen LogP contribution in [0.4, 0.5) is 18.3 Å². The molecule has 4 nitrogen and oxygen atoms in total. The Morgan fingerprint density at radius 2 is 2.14 bits per heavy atom. The lowest BCUT2D eigenvalue weighted by atomic mass is 10.1. The first-order valence-electron chi connectivity index (χ1n) is 7.92. The lowest BCUT2D eigenvalue weighted by Crippen LogP contribution is -2.07. The number of benzene rings is 1. The largest absolute Gasteiger partial charge is 0.416 e. The molecular weight excluding hydrogens is 431 g/mol. The zero-order valence-electron chi connectivity index (χ0n) is 14.4. The summed E-state index contributed by atoms with van der Waals surface area (Å²) in [6.45, 7) is 1.87. The van der Waals surface area contributed by atoms with Gasteiger partial charge in [0, 0.05) is 34.0 Å². The molecule has 3 rings (SSSR count). The van der Waals surface area contributed by atoms with E-state index in [-0.39, 0.29) is 17.4 Å². The van der Waals surface area contributed by atoms with Gasteiger partial charge in [-0.05, 0) is 36.8 Å². The zero-order chi connectivity index (χ0) is 20.3. The highest BCUT2D eigenvalue weighted by atomic mass is 35.5. The number of thiazole rings is 2. The number of carbonyl (C=O) groups excluding carboxylic acids is 1. The average molecular weight is 444 g/mol. The average Bonchev–Trinajstić information content (AvgIpc) is 3.23. The molecule has 10 heteroatoms. The molecule has 0 aliphatic carbocycles. The van der Waals surface area contributed by atoms with Crippen molar-refractivity contribution in [1.82, 2.24) is 9.97 Å². The van der Waals surface area contributed by atoms with Crippen LogP contribution >= 0.6 is 34.3 Å². The van der Waals surface area contributed by atoms with Gasteiger partial charge in [0.25, 0.3) is 0 Å². The second kappa shape index (κ2) is 8.42. The van der Waals surface area contributed by atoms with Gasteiger partial charge < -0.3 is 0 Å². The third-order valence-corrected chi connectivity index (χ3v) is 5.64. The molecule has 0 radical (unpaired) electrons. The van der Waals surface area contributed by atoms with E-state index in [2.05, 4.69) is 15.3 Å². The van der Waals surface area contributed by atoms with E-state index in [1.807, 2.05) is 12.3 Å².